The van der Waals surface area contributed by atoms with Crippen molar-refractivity contribution in [3.8, 4) is 0 Å². The van der Waals surface area contributed by atoms with Crippen LogP contribution in [0.2, 0.25) is 0 Å². The topological polar surface area (TPSA) is 79.4 Å². The molecule has 1 aromatic carbocycles. The average Bonchev–Trinajstić information content (AvgIpc) is 2.67. The lowest BCUT2D eigenvalue weighted by molar-refractivity contribution is -0.126. The van der Waals surface area contributed by atoms with Gasteiger partial charge < -0.3 is 5.32 Å². The molecule has 1 N–H and O–H groups in total. The standard InChI is InChI=1S/C18H19F2N3O3S/c19-14-3-5-15(6-4-14)27(25,26)23-10-7-13(8-11-23)18(24)22-12-17-16(20)2-1-9-21-17/h1-6,9,13H,7-8,10-12H2,(H,22,24). The van der Waals surface area contributed by atoms with Crippen molar-refractivity contribution in [2.75, 3.05) is 13.1 Å². The molecule has 0 atom stereocenters. The number of sulfonamides is 1. The number of halogens is 2. The van der Waals surface area contributed by atoms with Gasteiger partial charge in [0.05, 0.1) is 17.1 Å². The number of piperidine rings is 1. The number of nitrogens with one attached hydrogen (secondary N) is 1. The molecule has 0 bridgehead atoms. The first kappa shape index (κ1) is 19.4. The lowest BCUT2D eigenvalue weighted by atomic mass is 9.97. The Kier molecular flexibility index (Phi) is 5.81. The molecule has 9 heteroatoms. The van der Waals surface area contributed by atoms with E-state index in [1.165, 1.54) is 34.8 Å². The molecule has 1 aromatic heterocycles. The largest absolute Gasteiger partial charge is 0.350 e. The van der Waals surface area contributed by atoms with Gasteiger partial charge in [-0.2, -0.15) is 4.31 Å². The molecule has 2 aromatic rings. The van der Waals surface area contributed by atoms with Crippen LogP contribution < -0.4 is 5.32 Å². The fourth-order valence-electron chi connectivity index (χ4n) is 2.98. The summed E-state index contributed by atoms with van der Waals surface area (Å²) in [6, 6.07) is 7.40. The number of aromatic nitrogens is 1. The van der Waals surface area contributed by atoms with E-state index >= 15 is 0 Å². The highest BCUT2D eigenvalue weighted by Gasteiger charge is 2.32. The first-order valence-electron chi connectivity index (χ1n) is 8.51. The molecule has 144 valence electrons. The van der Waals surface area contributed by atoms with Gasteiger partial charge in [0.2, 0.25) is 15.9 Å². The average molecular weight is 395 g/mol. The van der Waals surface area contributed by atoms with Crippen molar-refractivity contribution in [3.63, 3.8) is 0 Å². The van der Waals surface area contributed by atoms with Gasteiger partial charge in [0.15, 0.2) is 0 Å². The Labute approximate surface area is 156 Å². The number of amides is 1. The number of rotatable bonds is 5. The van der Waals surface area contributed by atoms with Crippen LogP contribution in [0.4, 0.5) is 8.78 Å². The van der Waals surface area contributed by atoms with Crippen molar-refractivity contribution in [1.82, 2.24) is 14.6 Å². The number of pyridine rings is 1. The number of hydrogen-bond donors (Lipinski definition) is 1. The molecule has 0 aliphatic carbocycles. The van der Waals surface area contributed by atoms with Crippen LogP contribution in [-0.2, 0) is 21.4 Å². The van der Waals surface area contributed by atoms with Gasteiger partial charge in [0.25, 0.3) is 0 Å². The number of hydrogen-bond acceptors (Lipinski definition) is 4. The fourth-order valence-corrected chi connectivity index (χ4v) is 4.45. The molecule has 3 rings (SSSR count). The SMILES string of the molecule is O=C(NCc1ncccc1F)C1CCN(S(=O)(=O)c2ccc(F)cc2)CC1. The third-order valence-electron chi connectivity index (χ3n) is 4.54. The minimum absolute atomic E-state index is 0.0143. The van der Waals surface area contributed by atoms with Crippen LogP contribution in [0.25, 0.3) is 0 Å². The summed E-state index contributed by atoms with van der Waals surface area (Å²) in [7, 11) is -3.71. The zero-order chi connectivity index (χ0) is 19.4. The molecule has 27 heavy (non-hydrogen) atoms. The van der Waals surface area contributed by atoms with E-state index in [-0.39, 0.29) is 42.0 Å². The highest BCUT2D eigenvalue weighted by molar-refractivity contribution is 7.89. The molecule has 6 nitrogen and oxygen atoms in total. The molecule has 1 saturated heterocycles. The highest BCUT2D eigenvalue weighted by Crippen LogP contribution is 2.24. The molecule has 2 heterocycles. The van der Waals surface area contributed by atoms with Crippen molar-refractivity contribution in [2.24, 2.45) is 5.92 Å². The molecule has 0 radical (unpaired) electrons. The van der Waals surface area contributed by atoms with E-state index in [0.29, 0.717) is 12.8 Å². The normalized spacial score (nSPS) is 16.2. The van der Waals surface area contributed by atoms with E-state index in [1.807, 2.05) is 0 Å². The monoisotopic (exact) mass is 395 g/mol. The van der Waals surface area contributed by atoms with Gasteiger partial charge >= 0.3 is 0 Å². The minimum Gasteiger partial charge on any atom is -0.350 e. The molecule has 0 saturated carbocycles. The Morgan fingerprint density at radius 2 is 1.81 bits per heavy atom. The van der Waals surface area contributed by atoms with Gasteiger partial charge in [-0.25, -0.2) is 17.2 Å². The Hall–Kier alpha value is -2.39. The summed E-state index contributed by atoms with van der Waals surface area (Å²) in [5.41, 5.74) is 0.155. The predicted molar refractivity (Wildman–Crippen MR) is 93.9 cm³/mol. The van der Waals surface area contributed by atoms with Crippen molar-refractivity contribution in [3.05, 3.63) is 59.9 Å². The quantitative estimate of drug-likeness (QED) is 0.841. The zero-order valence-electron chi connectivity index (χ0n) is 14.4. The molecule has 1 aliphatic heterocycles. The lowest BCUT2D eigenvalue weighted by Gasteiger charge is -2.30. The summed E-state index contributed by atoms with van der Waals surface area (Å²) < 4.78 is 53.0. The second kappa shape index (κ2) is 8.10. The summed E-state index contributed by atoms with van der Waals surface area (Å²) in [4.78, 5) is 16.2. The van der Waals surface area contributed by atoms with E-state index in [4.69, 9.17) is 0 Å². The first-order chi connectivity index (χ1) is 12.9. The molecule has 0 unspecified atom stereocenters. The zero-order valence-corrected chi connectivity index (χ0v) is 15.3. The Balaban J connectivity index is 1.56. The molecule has 1 aliphatic rings. The lowest BCUT2D eigenvalue weighted by Crippen LogP contribution is -2.42. The summed E-state index contributed by atoms with van der Waals surface area (Å²) in [6.45, 7) is 0.366. The van der Waals surface area contributed by atoms with Gasteiger partial charge in [0.1, 0.15) is 11.6 Å². The van der Waals surface area contributed by atoms with Crippen molar-refractivity contribution >= 4 is 15.9 Å². The summed E-state index contributed by atoms with van der Waals surface area (Å²) >= 11 is 0. The van der Waals surface area contributed by atoms with Crippen molar-refractivity contribution in [1.29, 1.82) is 0 Å². The third-order valence-corrected chi connectivity index (χ3v) is 6.45. The second-order valence-corrected chi connectivity index (χ2v) is 8.22. The summed E-state index contributed by atoms with van der Waals surface area (Å²) in [6.07, 6.45) is 2.16. The Morgan fingerprint density at radius 3 is 2.44 bits per heavy atom. The molecule has 1 fully saturated rings. The number of benzene rings is 1. The minimum atomic E-state index is -3.71. The van der Waals surface area contributed by atoms with Gasteiger partial charge in [-0.05, 0) is 49.2 Å². The Bertz CT molecular complexity index is 912. The van der Waals surface area contributed by atoms with Crippen LogP contribution in [-0.4, -0.2) is 36.7 Å². The van der Waals surface area contributed by atoms with E-state index in [0.717, 1.165) is 12.1 Å². The van der Waals surface area contributed by atoms with E-state index < -0.39 is 21.7 Å². The van der Waals surface area contributed by atoms with Crippen LogP contribution in [0.1, 0.15) is 18.5 Å². The van der Waals surface area contributed by atoms with E-state index in [1.54, 1.807) is 0 Å². The van der Waals surface area contributed by atoms with E-state index in [2.05, 4.69) is 10.3 Å². The van der Waals surface area contributed by atoms with Crippen molar-refractivity contribution < 1.29 is 22.0 Å². The highest BCUT2D eigenvalue weighted by atomic mass is 32.2. The number of nitrogens with zero attached hydrogens (tertiary/aromatic N) is 2. The van der Waals surface area contributed by atoms with Crippen LogP contribution in [0.15, 0.2) is 47.5 Å². The summed E-state index contributed by atoms with van der Waals surface area (Å²) in [5.74, 6) is -1.60. The molecular weight excluding hydrogens is 376 g/mol. The summed E-state index contributed by atoms with van der Waals surface area (Å²) in [5, 5.41) is 2.65. The van der Waals surface area contributed by atoms with Crippen LogP contribution in [0.3, 0.4) is 0 Å². The van der Waals surface area contributed by atoms with Gasteiger partial charge in [-0.1, -0.05) is 0 Å². The number of carbonyl (C=O) groups excluding carboxylic acids is 1. The molecule has 0 spiro atoms. The van der Waals surface area contributed by atoms with Crippen LogP contribution in [0, 0.1) is 17.6 Å². The number of carbonyl (C=O) groups is 1. The molecular formula is C18H19F2N3O3S. The maximum absolute atomic E-state index is 13.5. The van der Waals surface area contributed by atoms with Gasteiger partial charge in [-0.15, -0.1) is 0 Å². The van der Waals surface area contributed by atoms with E-state index in [9.17, 15) is 22.0 Å². The fraction of sp³-hybridized carbons (Fsp3) is 0.333. The molecule has 1 amide bonds. The second-order valence-electron chi connectivity index (χ2n) is 6.28. The Morgan fingerprint density at radius 1 is 1.15 bits per heavy atom. The maximum atomic E-state index is 13.5. The van der Waals surface area contributed by atoms with Crippen molar-refractivity contribution in [2.45, 2.75) is 24.3 Å². The van der Waals surface area contributed by atoms with Crippen LogP contribution >= 0.6 is 0 Å². The smallest absolute Gasteiger partial charge is 0.243 e. The van der Waals surface area contributed by atoms with Gasteiger partial charge in [0, 0.05) is 25.2 Å². The van der Waals surface area contributed by atoms with Gasteiger partial charge in [-0.3, -0.25) is 9.78 Å². The third kappa shape index (κ3) is 4.48. The predicted octanol–water partition coefficient (Wildman–Crippen LogP) is 2.08. The van der Waals surface area contributed by atoms with Crippen LogP contribution in [0.5, 0.6) is 0 Å². The maximum Gasteiger partial charge on any atom is 0.243 e. The first-order valence-corrected chi connectivity index (χ1v) is 9.95.